The monoisotopic (exact) mass is 299 g/mol. The molecular formula is C18H12F3N. The number of halogens is 3. The lowest BCUT2D eigenvalue weighted by Gasteiger charge is -2.12. The van der Waals surface area contributed by atoms with Crippen LogP contribution in [0, 0.1) is 0 Å². The molecule has 0 saturated carbocycles. The molecule has 0 saturated heterocycles. The summed E-state index contributed by atoms with van der Waals surface area (Å²) in [6.07, 6.45) is -2.69. The summed E-state index contributed by atoms with van der Waals surface area (Å²) in [6.45, 7) is 0. The summed E-state index contributed by atoms with van der Waals surface area (Å²) < 4.78 is 38.7. The number of hydrogen-bond donors (Lipinski definition) is 0. The molecule has 4 heteroatoms. The van der Waals surface area contributed by atoms with Gasteiger partial charge in [0.05, 0.1) is 11.3 Å². The Morgan fingerprint density at radius 3 is 2.14 bits per heavy atom. The molecule has 110 valence electrons. The highest BCUT2D eigenvalue weighted by atomic mass is 19.4. The van der Waals surface area contributed by atoms with Crippen LogP contribution < -0.4 is 0 Å². The fourth-order valence-electron chi connectivity index (χ4n) is 2.34. The minimum absolute atomic E-state index is 0.524. The van der Waals surface area contributed by atoms with Crippen LogP contribution in [0.5, 0.6) is 0 Å². The Morgan fingerprint density at radius 2 is 1.45 bits per heavy atom. The van der Waals surface area contributed by atoms with E-state index in [9.17, 15) is 13.2 Å². The van der Waals surface area contributed by atoms with Crippen LogP contribution in [0.4, 0.5) is 13.2 Å². The molecule has 0 spiro atoms. The smallest absolute Gasteiger partial charge is 0.256 e. The van der Waals surface area contributed by atoms with Crippen LogP contribution in [0.2, 0.25) is 0 Å². The highest BCUT2D eigenvalue weighted by Gasteiger charge is 2.30. The van der Waals surface area contributed by atoms with Crippen molar-refractivity contribution in [3.8, 4) is 22.4 Å². The topological polar surface area (TPSA) is 12.9 Å². The van der Waals surface area contributed by atoms with E-state index in [1.54, 1.807) is 24.4 Å². The zero-order valence-corrected chi connectivity index (χ0v) is 11.5. The molecule has 0 bridgehead atoms. The third kappa shape index (κ3) is 2.86. The molecule has 3 rings (SSSR count). The Balaban J connectivity index is 2.14. The van der Waals surface area contributed by atoms with E-state index in [0.717, 1.165) is 22.9 Å². The molecule has 1 nitrogen and oxygen atoms in total. The Bertz CT molecular complexity index is 780. The molecule has 0 fully saturated rings. The van der Waals surface area contributed by atoms with Crippen LogP contribution in [0.3, 0.4) is 0 Å². The second kappa shape index (κ2) is 5.64. The third-order valence-electron chi connectivity index (χ3n) is 3.37. The largest absolute Gasteiger partial charge is 0.416 e. The van der Waals surface area contributed by atoms with E-state index < -0.39 is 11.7 Å². The van der Waals surface area contributed by atoms with Gasteiger partial charge in [-0.3, -0.25) is 4.98 Å². The summed E-state index contributed by atoms with van der Waals surface area (Å²) in [5.41, 5.74) is 2.14. The van der Waals surface area contributed by atoms with E-state index in [1.165, 1.54) is 12.1 Å². The highest BCUT2D eigenvalue weighted by molar-refractivity contribution is 5.82. The molecule has 0 N–H and O–H groups in total. The number of benzene rings is 2. The normalized spacial score (nSPS) is 11.4. The predicted molar refractivity (Wildman–Crippen MR) is 80.1 cm³/mol. The van der Waals surface area contributed by atoms with Gasteiger partial charge in [-0.05, 0) is 35.4 Å². The zero-order valence-electron chi connectivity index (χ0n) is 11.5. The van der Waals surface area contributed by atoms with Crippen molar-refractivity contribution in [1.29, 1.82) is 0 Å². The molecule has 0 unspecified atom stereocenters. The van der Waals surface area contributed by atoms with Gasteiger partial charge in [0.15, 0.2) is 0 Å². The van der Waals surface area contributed by atoms with E-state index in [1.807, 2.05) is 30.3 Å². The van der Waals surface area contributed by atoms with E-state index in [4.69, 9.17) is 0 Å². The average molecular weight is 299 g/mol. The SMILES string of the molecule is FC(F)(F)c1cccc(-c2ccccc2-c2ccccn2)c1. The van der Waals surface area contributed by atoms with Gasteiger partial charge in [-0.2, -0.15) is 13.2 Å². The second-order valence-electron chi connectivity index (χ2n) is 4.84. The van der Waals surface area contributed by atoms with Gasteiger partial charge < -0.3 is 0 Å². The molecular weight excluding hydrogens is 287 g/mol. The standard InChI is InChI=1S/C18H12F3N/c19-18(20,21)14-7-5-6-13(12-14)15-8-1-2-9-16(15)17-10-3-4-11-22-17/h1-12H. The first kappa shape index (κ1) is 14.3. The minimum atomic E-state index is -4.35. The summed E-state index contributed by atoms with van der Waals surface area (Å²) in [4.78, 5) is 4.28. The predicted octanol–water partition coefficient (Wildman–Crippen LogP) is 5.43. The van der Waals surface area contributed by atoms with Crippen molar-refractivity contribution >= 4 is 0 Å². The number of nitrogens with zero attached hydrogens (tertiary/aromatic N) is 1. The molecule has 0 amide bonds. The lowest BCUT2D eigenvalue weighted by atomic mass is 9.96. The quantitative estimate of drug-likeness (QED) is 0.614. The first-order valence-corrected chi connectivity index (χ1v) is 6.74. The molecule has 0 aliphatic heterocycles. The van der Waals surface area contributed by atoms with Crippen molar-refractivity contribution in [1.82, 2.24) is 4.98 Å². The lowest BCUT2D eigenvalue weighted by Crippen LogP contribution is -2.04. The number of pyridine rings is 1. The molecule has 1 aromatic heterocycles. The summed E-state index contributed by atoms with van der Waals surface area (Å²) in [5, 5.41) is 0. The number of rotatable bonds is 2. The molecule has 0 aliphatic carbocycles. The number of hydrogen-bond acceptors (Lipinski definition) is 1. The molecule has 3 aromatic rings. The van der Waals surface area contributed by atoms with E-state index >= 15 is 0 Å². The van der Waals surface area contributed by atoms with Crippen LogP contribution in [-0.4, -0.2) is 4.98 Å². The van der Waals surface area contributed by atoms with Gasteiger partial charge in [-0.15, -0.1) is 0 Å². The Morgan fingerprint density at radius 1 is 0.727 bits per heavy atom. The van der Waals surface area contributed by atoms with Gasteiger partial charge in [-0.25, -0.2) is 0 Å². The maximum absolute atomic E-state index is 12.9. The highest BCUT2D eigenvalue weighted by Crippen LogP contribution is 2.35. The summed E-state index contributed by atoms with van der Waals surface area (Å²) >= 11 is 0. The average Bonchev–Trinajstić information content (AvgIpc) is 2.55. The van der Waals surface area contributed by atoms with E-state index in [2.05, 4.69) is 4.98 Å². The Kier molecular flexibility index (Phi) is 3.67. The summed E-state index contributed by atoms with van der Waals surface area (Å²) in [6, 6.07) is 18.2. The van der Waals surface area contributed by atoms with Crippen LogP contribution in [0.15, 0.2) is 72.9 Å². The fraction of sp³-hybridized carbons (Fsp3) is 0.0556. The maximum Gasteiger partial charge on any atom is 0.416 e. The summed E-state index contributed by atoms with van der Waals surface area (Å²) in [5.74, 6) is 0. The number of alkyl halides is 3. The first-order valence-electron chi connectivity index (χ1n) is 6.74. The van der Waals surface area contributed by atoms with Crippen molar-refractivity contribution in [2.24, 2.45) is 0 Å². The van der Waals surface area contributed by atoms with E-state index in [0.29, 0.717) is 5.56 Å². The van der Waals surface area contributed by atoms with E-state index in [-0.39, 0.29) is 0 Å². The van der Waals surface area contributed by atoms with Crippen molar-refractivity contribution < 1.29 is 13.2 Å². The minimum Gasteiger partial charge on any atom is -0.256 e. The molecule has 22 heavy (non-hydrogen) atoms. The van der Waals surface area contributed by atoms with Gasteiger partial charge in [0.1, 0.15) is 0 Å². The first-order chi connectivity index (χ1) is 10.6. The van der Waals surface area contributed by atoms with Crippen molar-refractivity contribution in [3.63, 3.8) is 0 Å². The van der Waals surface area contributed by atoms with Crippen LogP contribution >= 0.6 is 0 Å². The van der Waals surface area contributed by atoms with Gasteiger partial charge in [0.25, 0.3) is 0 Å². The van der Waals surface area contributed by atoms with Crippen molar-refractivity contribution in [2.75, 3.05) is 0 Å². The second-order valence-corrected chi connectivity index (χ2v) is 4.84. The van der Waals surface area contributed by atoms with Gasteiger partial charge >= 0.3 is 6.18 Å². The lowest BCUT2D eigenvalue weighted by molar-refractivity contribution is -0.137. The van der Waals surface area contributed by atoms with Crippen molar-refractivity contribution in [3.05, 3.63) is 78.5 Å². The molecule has 0 aliphatic rings. The molecule has 0 radical (unpaired) electrons. The molecule has 0 atom stereocenters. The fourth-order valence-corrected chi connectivity index (χ4v) is 2.34. The van der Waals surface area contributed by atoms with Crippen LogP contribution in [0.25, 0.3) is 22.4 Å². The number of aromatic nitrogens is 1. The van der Waals surface area contributed by atoms with Gasteiger partial charge in [0, 0.05) is 11.8 Å². The Labute approximate surface area is 126 Å². The molecule has 2 aromatic carbocycles. The zero-order chi connectivity index (χ0) is 15.6. The van der Waals surface area contributed by atoms with Crippen LogP contribution in [0.1, 0.15) is 5.56 Å². The Hall–Kier alpha value is -2.62. The van der Waals surface area contributed by atoms with Gasteiger partial charge in [-0.1, -0.05) is 42.5 Å². The summed E-state index contributed by atoms with van der Waals surface area (Å²) in [7, 11) is 0. The third-order valence-corrected chi connectivity index (χ3v) is 3.37. The maximum atomic E-state index is 12.9. The van der Waals surface area contributed by atoms with Crippen LogP contribution in [-0.2, 0) is 6.18 Å². The van der Waals surface area contributed by atoms with Gasteiger partial charge in [0.2, 0.25) is 0 Å². The van der Waals surface area contributed by atoms with Crippen molar-refractivity contribution in [2.45, 2.75) is 6.18 Å². The molecule has 1 heterocycles.